The van der Waals surface area contributed by atoms with Gasteiger partial charge in [0.25, 0.3) is 5.91 Å². The van der Waals surface area contributed by atoms with E-state index in [-0.39, 0.29) is 23.9 Å². The van der Waals surface area contributed by atoms with E-state index >= 15 is 0 Å². The summed E-state index contributed by atoms with van der Waals surface area (Å²) in [6.45, 7) is 2.05. The molecular weight excluding hydrogens is 399 g/mol. The summed E-state index contributed by atoms with van der Waals surface area (Å²) in [4.78, 5) is 29.9. The molecule has 0 radical (unpaired) electrons. The molecule has 2 aliphatic rings. The smallest absolute Gasteiger partial charge is 0.256 e. The largest absolute Gasteiger partial charge is 0.497 e. The van der Waals surface area contributed by atoms with Crippen LogP contribution in [0.15, 0.2) is 42.5 Å². The van der Waals surface area contributed by atoms with E-state index in [1.165, 1.54) is 12.1 Å². The van der Waals surface area contributed by atoms with Crippen LogP contribution in [0.25, 0.3) is 0 Å². The molecule has 0 aromatic heterocycles. The van der Waals surface area contributed by atoms with Gasteiger partial charge in [0.1, 0.15) is 17.3 Å². The number of carbonyl (C=O) groups is 2. The van der Waals surface area contributed by atoms with Gasteiger partial charge in [-0.1, -0.05) is 18.2 Å². The fourth-order valence-electron chi connectivity index (χ4n) is 4.64. The van der Waals surface area contributed by atoms with E-state index in [2.05, 4.69) is 0 Å². The topological polar surface area (TPSA) is 59.1 Å². The number of hydrogen-bond donors (Lipinski definition) is 0. The Hall–Kier alpha value is -3.09. The summed E-state index contributed by atoms with van der Waals surface area (Å²) in [6.07, 6.45) is 1.99. The van der Waals surface area contributed by atoms with Gasteiger partial charge < -0.3 is 19.3 Å². The van der Waals surface area contributed by atoms with Crippen molar-refractivity contribution >= 4 is 11.8 Å². The average molecular weight is 426 g/mol. The van der Waals surface area contributed by atoms with Gasteiger partial charge in [-0.25, -0.2) is 4.39 Å². The normalized spacial score (nSPS) is 20.7. The Morgan fingerprint density at radius 2 is 1.71 bits per heavy atom. The second-order valence-electron chi connectivity index (χ2n) is 8.04. The van der Waals surface area contributed by atoms with E-state index in [4.69, 9.17) is 9.47 Å². The summed E-state index contributed by atoms with van der Waals surface area (Å²) in [7, 11) is 3.16. The van der Waals surface area contributed by atoms with Crippen LogP contribution in [0, 0.1) is 11.7 Å². The Morgan fingerprint density at radius 1 is 0.968 bits per heavy atom. The lowest BCUT2D eigenvalue weighted by molar-refractivity contribution is -0.134. The molecule has 2 heterocycles. The highest BCUT2D eigenvalue weighted by molar-refractivity contribution is 5.95. The van der Waals surface area contributed by atoms with Crippen molar-refractivity contribution < 1.29 is 23.5 Å². The van der Waals surface area contributed by atoms with Gasteiger partial charge in [0.2, 0.25) is 5.91 Å². The van der Waals surface area contributed by atoms with Crippen LogP contribution >= 0.6 is 0 Å². The minimum absolute atomic E-state index is 0.0252. The van der Waals surface area contributed by atoms with Crippen molar-refractivity contribution in [3.63, 3.8) is 0 Å². The Kier molecular flexibility index (Phi) is 6.11. The minimum Gasteiger partial charge on any atom is -0.497 e. The van der Waals surface area contributed by atoms with E-state index in [1.54, 1.807) is 37.3 Å². The molecule has 164 valence electrons. The SMILES string of the molecule is COc1ccc(C2CN(C(=O)c3ccccc3F)CC2C(=O)N2CCCC2)c(OC)c1. The number of hydrogen-bond acceptors (Lipinski definition) is 4. The molecule has 0 spiro atoms. The van der Waals surface area contributed by atoms with Gasteiger partial charge in [-0.05, 0) is 31.0 Å². The van der Waals surface area contributed by atoms with Crippen molar-refractivity contribution in [3.8, 4) is 11.5 Å². The van der Waals surface area contributed by atoms with Crippen molar-refractivity contribution in [2.24, 2.45) is 5.92 Å². The Bertz CT molecular complexity index is 974. The zero-order valence-electron chi connectivity index (χ0n) is 17.8. The van der Waals surface area contributed by atoms with E-state index in [0.29, 0.717) is 18.0 Å². The molecule has 0 saturated carbocycles. The summed E-state index contributed by atoms with van der Waals surface area (Å²) in [5.41, 5.74) is 0.877. The van der Waals surface area contributed by atoms with Gasteiger partial charge in [-0.2, -0.15) is 0 Å². The molecule has 0 bridgehead atoms. The fraction of sp³-hybridized carbons (Fsp3) is 0.417. The summed E-state index contributed by atoms with van der Waals surface area (Å²) in [5.74, 6) is -0.290. The molecular formula is C24H27FN2O4. The van der Waals surface area contributed by atoms with E-state index in [9.17, 15) is 14.0 Å². The van der Waals surface area contributed by atoms with Crippen molar-refractivity contribution in [2.75, 3.05) is 40.4 Å². The first-order valence-corrected chi connectivity index (χ1v) is 10.6. The maximum Gasteiger partial charge on any atom is 0.256 e. The predicted molar refractivity (Wildman–Crippen MR) is 114 cm³/mol. The lowest BCUT2D eigenvalue weighted by Gasteiger charge is -2.25. The number of methoxy groups -OCH3 is 2. The first kappa shape index (κ1) is 21.2. The van der Waals surface area contributed by atoms with Gasteiger partial charge in [0.15, 0.2) is 0 Å². The third-order valence-corrected chi connectivity index (χ3v) is 6.29. The highest BCUT2D eigenvalue weighted by atomic mass is 19.1. The number of likely N-dealkylation sites (tertiary alicyclic amines) is 2. The molecule has 2 saturated heterocycles. The zero-order chi connectivity index (χ0) is 22.0. The van der Waals surface area contributed by atoms with E-state index < -0.39 is 17.6 Å². The van der Waals surface area contributed by atoms with Crippen LogP contribution in [0.1, 0.15) is 34.7 Å². The number of halogens is 1. The molecule has 2 fully saturated rings. The first-order chi connectivity index (χ1) is 15.0. The Labute approximate surface area is 181 Å². The number of carbonyl (C=O) groups excluding carboxylic acids is 2. The van der Waals surface area contributed by atoms with Crippen LogP contribution in [0.5, 0.6) is 11.5 Å². The van der Waals surface area contributed by atoms with Gasteiger partial charge in [0, 0.05) is 43.7 Å². The molecule has 2 unspecified atom stereocenters. The van der Waals surface area contributed by atoms with Gasteiger partial charge in [-0.15, -0.1) is 0 Å². The molecule has 4 rings (SSSR count). The monoisotopic (exact) mass is 426 g/mol. The first-order valence-electron chi connectivity index (χ1n) is 10.6. The second-order valence-corrected chi connectivity index (χ2v) is 8.04. The number of amides is 2. The van der Waals surface area contributed by atoms with Crippen LogP contribution in [0.2, 0.25) is 0 Å². The maximum absolute atomic E-state index is 14.3. The molecule has 0 N–H and O–H groups in total. The molecule has 7 heteroatoms. The van der Waals surface area contributed by atoms with Crippen LogP contribution in [0.4, 0.5) is 4.39 Å². The summed E-state index contributed by atoms with van der Waals surface area (Å²) < 4.78 is 25.1. The van der Waals surface area contributed by atoms with E-state index in [1.807, 2.05) is 17.0 Å². The third kappa shape index (κ3) is 4.09. The molecule has 0 aliphatic carbocycles. The molecule has 2 amide bonds. The Balaban J connectivity index is 1.68. The van der Waals surface area contributed by atoms with E-state index in [0.717, 1.165) is 31.5 Å². The van der Waals surface area contributed by atoms with Crippen LogP contribution in [0.3, 0.4) is 0 Å². The minimum atomic E-state index is -0.555. The summed E-state index contributed by atoms with van der Waals surface area (Å²) >= 11 is 0. The highest BCUT2D eigenvalue weighted by Gasteiger charge is 2.44. The quantitative estimate of drug-likeness (QED) is 0.736. The van der Waals surface area contributed by atoms with Crippen LogP contribution < -0.4 is 9.47 Å². The number of rotatable bonds is 5. The van der Waals surface area contributed by atoms with Crippen molar-refractivity contribution in [1.82, 2.24) is 9.80 Å². The number of ether oxygens (including phenoxy) is 2. The molecule has 2 aromatic rings. The lowest BCUT2D eigenvalue weighted by Crippen LogP contribution is -2.37. The fourth-order valence-corrected chi connectivity index (χ4v) is 4.64. The predicted octanol–water partition coefficient (Wildman–Crippen LogP) is 3.32. The number of nitrogens with zero attached hydrogens (tertiary/aromatic N) is 2. The van der Waals surface area contributed by atoms with Gasteiger partial charge in [0.05, 0.1) is 25.7 Å². The Morgan fingerprint density at radius 3 is 2.39 bits per heavy atom. The molecule has 2 aliphatic heterocycles. The van der Waals surface area contributed by atoms with Crippen molar-refractivity contribution in [3.05, 3.63) is 59.4 Å². The van der Waals surface area contributed by atoms with Gasteiger partial charge in [-0.3, -0.25) is 9.59 Å². The standard InChI is InChI=1S/C24H27FN2O4/c1-30-16-9-10-17(22(13-16)31-2)19-14-27(23(28)18-7-3-4-8-21(18)25)15-20(19)24(29)26-11-5-6-12-26/h3-4,7-10,13,19-20H,5-6,11-12,14-15H2,1-2H3. The summed E-state index contributed by atoms with van der Waals surface area (Å²) in [6, 6.07) is 11.5. The van der Waals surface area contributed by atoms with Gasteiger partial charge >= 0.3 is 0 Å². The van der Waals surface area contributed by atoms with Crippen LogP contribution in [-0.2, 0) is 4.79 Å². The summed E-state index contributed by atoms with van der Waals surface area (Å²) in [5, 5.41) is 0. The average Bonchev–Trinajstić information content (AvgIpc) is 3.48. The van der Waals surface area contributed by atoms with Crippen molar-refractivity contribution in [2.45, 2.75) is 18.8 Å². The molecule has 31 heavy (non-hydrogen) atoms. The lowest BCUT2D eigenvalue weighted by atomic mass is 9.87. The van der Waals surface area contributed by atoms with Crippen molar-refractivity contribution in [1.29, 1.82) is 0 Å². The third-order valence-electron chi connectivity index (χ3n) is 6.29. The second kappa shape index (κ2) is 8.96. The number of benzene rings is 2. The molecule has 2 atom stereocenters. The highest BCUT2D eigenvalue weighted by Crippen LogP contribution is 2.40. The molecule has 2 aromatic carbocycles. The molecule has 6 nitrogen and oxygen atoms in total. The zero-order valence-corrected chi connectivity index (χ0v) is 17.8. The maximum atomic E-state index is 14.3. The van der Waals surface area contributed by atoms with Crippen LogP contribution in [-0.4, -0.2) is 62.0 Å².